The van der Waals surface area contributed by atoms with Crippen LogP contribution in [0.4, 0.5) is 5.69 Å². The lowest BCUT2D eigenvalue weighted by Gasteiger charge is -2.30. The van der Waals surface area contributed by atoms with Gasteiger partial charge in [0.2, 0.25) is 11.8 Å². The number of rotatable bonds is 7. The van der Waals surface area contributed by atoms with E-state index in [2.05, 4.69) is 9.71 Å². The van der Waals surface area contributed by atoms with E-state index >= 15 is 0 Å². The molecule has 2 fully saturated rings. The van der Waals surface area contributed by atoms with Gasteiger partial charge >= 0.3 is 0 Å². The van der Waals surface area contributed by atoms with Crippen molar-refractivity contribution in [3.63, 3.8) is 0 Å². The van der Waals surface area contributed by atoms with Crippen LogP contribution in [0.2, 0.25) is 4.34 Å². The molecule has 0 bridgehead atoms. The molecule has 1 aliphatic heterocycles. The van der Waals surface area contributed by atoms with Gasteiger partial charge in [0.25, 0.3) is 10.0 Å². The van der Waals surface area contributed by atoms with Crippen molar-refractivity contribution in [1.29, 1.82) is 0 Å². The van der Waals surface area contributed by atoms with Crippen molar-refractivity contribution in [2.24, 2.45) is 4.40 Å². The molecule has 34 heavy (non-hydrogen) atoms. The Kier molecular flexibility index (Phi) is 7.86. The number of hydrogen-bond acceptors (Lipinski definition) is 7. The number of nitrogens with one attached hydrogen (secondary N) is 1. The summed E-state index contributed by atoms with van der Waals surface area (Å²) in [6.07, 6.45) is 4.45. The number of sulfonamides is 1. The molecule has 12 heteroatoms. The first-order valence-corrected chi connectivity index (χ1v) is 14.3. The number of halogens is 1. The number of amides is 2. The fourth-order valence-corrected chi connectivity index (χ4v) is 7.88. The maximum atomic E-state index is 13.3. The minimum absolute atomic E-state index is 0.0147. The average molecular weight is 542 g/mol. The smallest absolute Gasteiger partial charge is 0.294 e. The van der Waals surface area contributed by atoms with Crippen LogP contribution >= 0.6 is 34.7 Å². The molecule has 2 aromatic rings. The lowest BCUT2D eigenvalue weighted by Crippen LogP contribution is -2.42. The second-order valence-corrected chi connectivity index (χ2v) is 12.7. The van der Waals surface area contributed by atoms with Gasteiger partial charge in [-0.25, -0.2) is 0 Å². The number of methoxy groups -OCH3 is 1. The first kappa shape index (κ1) is 25.0. The third kappa shape index (κ3) is 5.76. The normalized spacial score (nSPS) is 20.6. The van der Waals surface area contributed by atoms with Crippen LogP contribution in [-0.4, -0.2) is 48.7 Å². The Morgan fingerprint density at radius 2 is 2.00 bits per heavy atom. The Balaban J connectivity index is 1.56. The standard InChI is InChI=1S/C22H24ClN3O5S3/c1-31-16-9-5-6-14(12-16)24-19(27)13-17-21(28)26(15-7-3-2-4-8-15)22(32-17)25-34(29,30)20-11-10-18(23)33-20/h5-6,9-12,15,17H,2-4,7-8,13H2,1H3,(H,24,27). The van der Waals surface area contributed by atoms with Gasteiger partial charge in [0, 0.05) is 24.2 Å². The quantitative estimate of drug-likeness (QED) is 0.542. The lowest BCUT2D eigenvalue weighted by atomic mass is 9.94. The Labute approximate surface area is 211 Å². The molecule has 0 spiro atoms. The predicted molar refractivity (Wildman–Crippen MR) is 135 cm³/mol. The molecule has 0 radical (unpaired) electrons. The van der Waals surface area contributed by atoms with Crippen molar-refractivity contribution >= 4 is 67.4 Å². The summed E-state index contributed by atoms with van der Waals surface area (Å²) in [7, 11) is -2.50. The maximum absolute atomic E-state index is 13.3. The second kappa shape index (κ2) is 10.7. The van der Waals surface area contributed by atoms with Crippen molar-refractivity contribution < 1.29 is 22.7 Å². The number of nitrogens with zero attached hydrogens (tertiary/aromatic N) is 2. The van der Waals surface area contributed by atoms with E-state index in [9.17, 15) is 18.0 Å². The molecule has 2 amide bonds. The van der Waals surface area contributed by atoms with E-state index in [1.165, 1.54) is 24.1 Å². The molecular weight excluding hydrogens is 518 g/mol. The first-order valence-electron chi connectivity index (χ1n) is 10.8. The molecule has 2 aliphatic rings. The van der Waals surface area contributed by atoms with Gasteiger partial charge < -0.3 is 10.1 Å². The minimum atomic E-state index is -4.03. The summed E-state index contributed by atoms with van der Waals surface area (Å²) in [5.74, 6) is -0.0337. The summed E-state index contributed by atoms with van der Waals surface area (Å²) in [5, 5.41) is 2.15. The van der Waals surface area contributed by atoms with Gasteiger partial charge in [0.15, 0.2) is 5.17 Å². The fourth-order valence-electron chi connectivity index (χ4n) is 4.02. The van der Waals surface area contributed by atoms with Crippen molar-refractivity contribution in [3.8, 4) is 5.75 Å². The van der Waals surface area contributed by atoms with Gasteiger partial charge in [-0.05, 0) is 37.1 Å². The predicted octanol–water partition coefficient (Wildman–Crippen LogP) is 4.76. The van der Waals surface area contributed by atoms with Gasteiger partial charge in [0.05, 0.1) is 11.4 Å². The highest BCUT2D eigenvalue weighted by Crippen LogP contribution is 2.37. The van der Waals surface area contributed by atoms with E-state index in [-0.39, 0.29) is 33.7 Å². The van der Waals surface area contributed by atoms with Crippen molar-refractivity contribution in [3.05, 3.63) is 40.7 Å². The van der Waals surface area contributed by atoms with E-state index in [0.717, 1.165) is 55.2 Å². The van der Waals surface area contributed by atoms with Crippen LogP contribution in [0.1, 0.15) is 38.5 Å². The van der Waals surface area contributed by atoms with E-state index in [0.29, 0.717) is 15.8 Å². The molecule has 1 saturated carbocycles. The number of thiophene rings is 1. The van der Waals surface area contributed by atoms with Crippen LogP contribution in [0.5, 0.6) is 5.75 Å². The Morgan fingerprint density at radius 3 is 2.68 bits per heavy atom. The number of thioether (sulfide) groups is 1. The minimum Gasteiger partial charge on any atom is -0.497 e. The zero-order chi connectivity index (χ0) is 24.3. The summed E-state index contributed by atoms with van der Waals surface area (Å²) in [6, 6.07) is 9.69. The van der Waals surface area contributed by atoms with Crippen LogP contribution < -0.4 is 10.1 Å². The molecule has 4 rings (SSSR count). The van der Waals surface area contributed by atoms with E-state index in [1.54, 1.807) is 24.3 Å². The number of benzene rings is 1. The number of carbonyl (C=O) groups excluding carboxylic acids is 2. The molecule has 1 aromatic heterocycles. The summed E-state index contributed by atoms with van der Waals surface area (Å²) in [4.78, 5) is 27.5. The highest BCUT2D eigenvalue weighted by Gasteiger charge is 2.43. The number of ether oxygens (including phenoxy) is 1. The van der Waals surface area contributed by atoms with Gasteiger partial charge in [-0.3, -0.25) is 14.5 Å². The SMILES string of the molecule is COc1cccc(NC(=O)CC2SC(=NS(=O)(=O)c3ccc(Cl)s3)N(C3CCCCC3)C2=O)c1. The van der Waals surface area contributed by atoms with Gasteiger partial charge in [0.1, 0.15) is 15.2 Å². The van der Waals surface area contributed by atoms with Gasteiger partial charge in [-0.15, -0.1) is 15.7 Å². The van der Waals surface area contributed by atoms with Gasteiger partial charge in [-0.2, -0.15) is 8.42 Å². The first-order chi connectivity index (χ1) is 16.3. The molecule has 1 N–H and O–H groups in total. The topological polar surface area (TPSA) is 105 Å². The molecule has 1 atom stereocenters. The molecule has 8 nitrogen and oxygen atoms in total. The van der Waals surface area contributed by atoms with Gasteiger partial charge in [-0.1, -0.05) is 48.7 Å². The summed E-state index contributed by atoms with van der Waals surface area (Å²) in [5.41, 5.74) is 0.551. The highest BCUT2D eigenvalue weighted by atomic mass is 35.5. The van der Waals surface area contributed by atoms with Crippen molar-refractivity contribution in [2.75, 3.05) is 12.4 Å². The number of hydrogen-bond donors (Lipinski definition) is 1. The molecule has 1 unspecified atom stereocenters. The third-order valence-corrected chi connectivity index (χ3v) is 9.86. The average Bonchev–Trinajstić information content (AvgIpc) is 3.38. The molecule has 182 valence electrons. The number of amidine groups is 1. The molecule has 2 heterocycles. The zero-order valence-electron chi connectivity index (χ0n) is 18.4. The van der Waals surface area contributed by atoms with E-state index < -0.39 is 15.3 Å². The molecule has 1 aromatic carbocycles. The van der Waals surface area contributed by atoms with E-state index in [1.807, 2.05) is 0 Å². The van der Waals surface area contributed by atoms with E-state index in [4.69, 9.17) is 16.3 Å². The molecule has 1 saturated heterocycles. The van der Waals surface area contributed by atoms with Crippen LogP contribution in [0.25, 0.3) is 0 Å². The summed E-state index contributed by atoms with van der Waals surface area (Å²) in [6.45, 7) is 0. The summed E-state index contributed by atoms with van der Waals surface area (Å²) < 4.78 is 35.3. The molecular formula is C22H24ClN3O5S3. The maximum Gasteiger partial charge on any atom is 0.294 e. The summed E-state index contributed by atoms with van der Waals surface area (Å²) >= 11 is 7.85. The fraction of sp³-hybridized carbons (Fsp3) is 0.409. The highest BCUT2D eigenvalue weighted by molar-refractivity contribution is 8.16. The lowest BCUT2D eigenvalue weighted by molar-refractivity contribution is -0.130. The number of anilines is 1. The van der Waals surface area contributed by atoms with Crippen molar-refractivity contribution in [1.82, 2.24) is 4.90 Å². The largest absolute Gasteiger partial charge is 0.497 e. The van der Waals surface area contributed by atoms with Crippen LogP contribution in [0.3, 0.4) is 0 Å². The number of carbonyl (C=O) groups is 2. The second-order valence-electron chi connectivity index (χ2n) is 8.00. The zero-order valence-corrected chi connectivity index (χ0v) is 21.6. The third-order valence-electron chi connectivity index (χ3n) is 5.63. The van der Waals surface area contributed by atoms with Crippen LogP contribution in [-0.2, 0) is 19.6 Å². The monoisotopic (exact) mass is 541 g/mol. The Morgan fingerprint density at radius 1 is 1.24 bits per heavy atom. The Hall–Kier alpha value is -2.08. The van der Waals surface area contributed by atoms with Crippen LogP contribution in [0.15, 0.2) is 45.0 Å². The van der Waals surface area contributed by atoms with Crippen LogP contribution in [0, 0.1) is 0 Å². The molecule has 1 aliphatic carbocycles. The van der Waals surface area contributed by atoms with Crippen molar-refractivity contribution in [2.45, 2.75) is 54.0 Å². The Bertz CT molecular complexity index is 1210.